The molecule has 1 aromatic carbocycles. The van der Waals surface area contributed by atoms with E-state index < -0.39 is 17.0 Å². The normalized spacial score (nSPS) is 12.3. The van der Waals surface area contributed by atoms with E-state index in [1.807, 2.05) is 0 Å². The fourth-order valence-corrected chi connectivity index (χ4v) is 1.80. The Labute approximate surface area is 115 Å². The van der Waals surface area contributed by atoms with Crippen molar-refractivity contribution < 1.29 is 9.53 Å². The summed E-state index contributed by atoms with van der Waals surface area (Å²) in [5.41, 5.74) is 0.762. The minimum Gasteiger partial charge on any atom is -0.450 e. The van der Waals surface area contributed by atoms with Gasteiger partial charge in [0.25, 0.3) is 0 Å². The third-order valence-electron chi connectivity index (χ3n) is 2.03. The van der Waals surface area contributed by atoms with Gasteiger partial charge in [-0.25, -0.2) is 4.79 Å². The van der Waals surface area contributed by atoms with Crippen LogP contribution in [-0.4, -0.2) is 17.5 Å². The zero-order chi connectivity index (χ0) is 12.8. The molecule has 0 spiro atoms. The quantitative estimate of drug-likeness (QED) is 0.855. The monoisotopic (exact) mass is 295 g/mol. The molecule has 1 amide bonds. The van der Waals surface area contributed by atoms with Crippen LogP contribution in [0, 0.1) is 0 Å². The number of benzene rings is 1. The predicted octanol–water partition coefficient (Wildman–Crippen LogP) is 3.93. The summed E-state index contributed by atoms with van der Waals surface area (Å²) in [5, 5.41) is 3.19. The third-order valence-corrected chi connectivity index (χ3v) is 2.79. The number of ether oxygens (including phenoxy) is 1. The highest BCUT2D eigenvalue weighted by Crippen LogP contribution is 2.25. The standard InChI is InChI=1S/C11H12Cl3NO2/c1-2-17-11(16)15-9(10(13)14)7-3-5-8(12)6-4-7/h3-6,9-10H,2H2,1H3,(H,15,16)/t9-/m1/s1. The first-order valence-corrected chi connectivity index (χ1v) is 6.26. The first-order valence-electron chi connectivity index (χ1n) is 5.01. The number of carbonyl (C=O) groups excluding carboxylic acids is 1. The van der Waals surface area contributed by atoms with E-state index in [4.69, 9.17) is 39.5 Å². The van der Waals surface area contributed by atoms with Crippen LogP contribution in [0.2, 0.25) is 5.02 Å². The van der Waals surface area contributed by atoms with Crippen molar-refractivity contribution in [2.75, 3.05) is 6.61 Å². The average molecular weight is 297 g/mol. The topological polar surface area (TPSA) is 38.3 Å². The molecule has 17 heavy (non-hydrogen) atoms. The summed E-state index contributed by atoms with van der Waals surface area (Å²) in [6.07, 6.45) is -0.557. The number of hydrogen-bond acceptors (Lipinski definition) is 2. The summed E-state index contributed by atoms with van der Waals surface area (Å²) in [6.45, 7) is 2.00. The van der Waals surface area contributed by atoms with Crippen LogP contribution < -0.4 is 5.32 Å². The number of rotatable bonds is 4. The van der Waals surface area contributed by atoms with Crippen LogP contribution in [0.5, 0.6) is 0 Å². The summed E-state index contributed by atoms with van der Waals surface area (Å²) in [7, 11) is 0. The summed E-state index contributed by atoms with van der Waals surface area (Å²) >= 11 is 17.4. The lowest BCUT2D eigenvalue weighted by Crippen LogP contribution is -2.32. The molecule has 0 aliphatic heterocycles. The molecule has 1 aromatic rings. The van der Waals surface area contributed by atoms with Crippen LogP contribution in [0.4, 0.5) is 4.79 Å². The Morgan fingerprint density at radius 1 is 1.35 bits per heavy atom. The number of halogens is 3. The van der Waals surface area contributed by atoms with E-state index >= 15 is 0 Å². The van der Waals surface area contributed by atoms with Crippen LogP contribution in [0.15, 0.2) is 24.3 Å². The van der Waals surface area contributed by atoms with Crippen molar-refractivity contribution >= 4 is 40.9 Å². The lowest BCUT2D eigenvalue weighted by atomic mass is 10.1. The van der Waals surface area contributed by atoms with Crippen LogP contribution in [0.25, 0.3) is 0 Å². The minimum absolute atomic E-state index is 0.286. The molecule has 3 nitrogen and oxygen atoms in total. The van der Waals surface area contributed by atoms with Crippen LogP contribution >= 0.6 is 34.8 Å². The largest absolute Gasteiger partial charge is 0.450 e. The highest BCUT2D eigenvalue weighted by Gasteiger charge is 2.21. The van der Waals surface area contributed by atoms with Crippen molar-refractivity contribution in [3.63, 3.8) is 0 Å². The Morgan fingerprint density at radius 2 is 1.94 bits per heavy atom. The second-order valence-corrected chi connectivity index (χ2v) is 4.83. The van der Waals surface area contributed by atoms with Gasteiger partial charge in [-0.1, -0.05) is 23.7 Å². The van der Waals surface area contributed by atoms with Gasteiger partial charge in [-0.2, -0.15) is 0 Å². The maximum absolute atomic E-state index is 11.3. The van der Waals surface area contributed by atoms with E-state index in [1.54, 1.807) is 31.2 Å². The van der Waals surface area contributed by atoms with Gasteiger partial charge in [-0.15, -0.1) is 23.2 Å². The van der Waals surface area contributed by atoms with E-state index in [9.17, 15) is 4.79 Å². The number of nitrogens with one attached hydrogen (secondary N) is 1. The lowest BCUT2D eigenvalue weighted by molar-refractivity contribution is 0.148. The molecule has 1 N–H and O–H groups in total. The highest BCUT2D eigenvalue weighted by molar-refractivity contribution is 6.44. The fourth-order valence-electron chi connectivity index (χ4n) is 1.26. The van der Waals surface area contributed by atoms with E-state index in [1.165, 1.54) is 0 Å². The first kappa shape index (κ1) is 14.4. The summed E-state index contributed by atoms with van der Waals surface area (Å²) in [6, 6.07) is 6.36. The molecular weight excluding hydrogens is 284 g/mol. The average Bonchev–Trinajstić information content (AvgIpc) is 2.27. The molecular formula is C11H12Cl3NO2. The van der Waals surface area contributed by atoms with Crippen molar-refractivity contribution in [1.29, 1.82) is 0 Å². The van der Waals surface area contributed by atoms with E-state index in [-0.39, 0.29) is 6.61 Å². The van der Waals surface area contributed by atoms with Gasteiger partial charge in [0, 0.05) is 5.02 Å². The molecule has 0 saturated carbocycles. The van der Waals surface area contributed by atoms with E-state index in [0.717, 1.165) is 5.56 Å². The zero-order valence-corrected chi connectivity index (χ0v) is 11.4. The van der Waals surface area contributed by atoms with Crippen LogP contribution in [0.3, 0.4) is 0 Å². The van der Waals surface area contributed by atoms with E-state index in [0.29, 0.717) is 5.02 Å². The second kappa shape index (κ2) is 6.94. The smallest absolute Gasteiger partial charge is 0.407 e. The molecule has 0 aliphatic carbocycles. The Hall–Kier alpha value is -0.640. The molecule has 0 saturated heterocycles. The number of alkyl halides is 2. The predicted molar refractivity (Wildman–Crippen MR) is 69.8 cm³/mol. The van der Waals surface area contributed by atoms with Gasteiger partial charge in [0.05, 0.1) is 12.6 Å². The zero-order valence-electron chi connectivity index (χ0n) is 9.12. The van der Waals surface area contributed by atoms with Gasteiger partial charge in [0.15, 0.2) is 0 Å². The van der Waals surface area contributed by atoms with Gasteiger partial charge in [-0.3, -0.25) is 0 Å². The lowest BCUT2D eigenvalue weighted by Gasteiger charge is -2.19. The molecule has 0 bridgehead atoms. The molecule has 0 aliphatic rings. The van der Waals surface area contributed by atoms with Crippen LogP contribution in [0.1, 0.15) is 18.5 Å². The van der Waals surface area contributed by atoms with Gasteiger partial charge in [-0.05, 0) is 24.6 Å². The summed E-state index contributed by atoms with van der Waals surface area (Å²) < 4.78 is 4.77. The van der Waals surface area contributed by atoms with Gasteiger partial charge < -0.3 is 10.1 Å². The number of amides is 1. The van der Waals surface area contributed by atoms with Gasteiger partial charge in [0.1, 0.15) is 4.84 Å². The Kier molecular flexibility index (Phi) is 5.89. The highest BCUT2D eigenvalue weighted by atomic mass is 35.5. The van der Waals surface area contributed by atoms with E-state index in [2.05, 4.69) is 5.32 Å². The molecule has 6 heteroatoms. The fraction of sp³-hybridized carbons (Fsp3) is 0.364. The molecule has 0 aromatic heterocycles. The van der Waals surface area contributed by atoms with Crippen molar-refractivity contribution in [3.8, 4) is 0 Å². The van der Waals surface area contributed by atoms with Crippen molar-refractivity contribution in [1.82, 2.24) is 5.32 Å². The number of alkyl carbamates (subject to hydrolysis) is 1. The van der Waals surface area contributed by atoms with Crippen LogP contribution in [-0.2, 0) is 4.74 Å². The molecule has 0 radical (unpaired) electrons. The Morgan fingerprint density at radius 3 is 2.41 bits per heavy atom. The van der Waals surface area contributed by atoms with Crippen molar-refractivity contribution in [2.45, 2.75) is 17.8 Å². The number of hydrogen-bond donors (Lipinski definition) is 1. The maximum atomic E-state index is 11.3. The molecule has 0 fully saturated rings. The number of carbonyl (C=O) groups is 1. The summed E-state index contributed by atoms with van der Waals surface area (Å²) in [5.74, 6) is 0. The maximum Gasteiger partial charge on any atom is 0.407 e. The van der Waals surface area contributed by atoms with Crippen molar-refractivity contribution in [2.24, 2.45) is 0 Å². The third kappa shape index (κ3) is 4.62. The molecule has 0 unspecified atom stereocenters. The van der Waals surface area contributed by atoms with Gasteiger partial charge >= 0.3 is 6.09 Å². The SMILES string of the molecule is CCOC(=O)N[C@H](c1ccc(Cl)cc1)C(Cl)Cl. The molecule has 1 atom stereocenters. The summed E-state index contributed by atoms with van der Waals surface area (Å²) in [4.78, 5) is 10.5. The Bertz CT molecular complexity index is 367. The van der Waals surface area contributed by atoms with Crippen molar-refractivity contribution in [3.05, 3.63) is 34.9 Å². The molecule has 0 heterocycles. The second-order valence-electron chi connectivity index (χ2n) is 3.23. The van der Waals surface area contributed by atoms with Gasteiger partial charge in [0.2, 0.25) is 0 Å². The Balaban J connectivity index is 2.79. The first-order chi connectivity index (χ1) is 8.04. The minimum atomic E-state index is -0.777. The molecule has 1 rings (SSSR count). The molecule has 94 valence electrons.